The molecule has 33 heavy (non-hydrogen) atoms. The lowest BCUT2D eigenvalue weighted by Crippen LogP contribution is -2.46. The summed E-state index contributed by atoms with van der Waals surface area (Å²) in [6.07, 6.45) is 0.833. The Labute approximate surface area is 196 Å². The van der Waals surface area contributed by atoms with Gasteiger partial charge in [0.1, 0.15) is 0 Å². The fourth-order valence-electron chi connectivity index (χ4n) is 3.53. The van der Waals surface area contributed by atoms with Crippen molar-refractivity contribution in [3.05, 3.63) is 65.9 Å². The van der Waals surface area contributed by atoms with E-state index >= 15 is 0 Å². The maximum absolute atomic E-state index is 13.0. The average Bonchev–Trinajstić information content (AvgIpc) is 3.12. The van der Waals surface area contributed by atoms with E-state index in [4.69, 9.17) is 14.6 Å². The molecule has 0 aliphatic heterocycles. The number of urea groups is 1. The molecule has 1 unspecified atom stereocenters. The summed E-state index contributed by atoms with van der Waals surface area (Å²) in [6.45, 7) is 10.4. The minimum Gasteiger partial charge on any atom is -0.493 e. The minimum atomic E-state index is -0.102. The molecule has 7 nitrogen and oxygen atoms in total. The summed E-state index contributed by atoms with van der Waals surface area (Å²) in [5.41, 5.74) is 2.52. The van der Waals surface area contributed by atoms with Crippen molar-refractivity contribution >= 4 is 6.03 Å². The van der Waals surface area contributed by atoms with Crippen LogP contribution in [-0.4, -0.2) is 39.9 Å². The molecule has 0 aliphatic carbocycles. The second-order valence-electron chi connectivity index (χ2n) is 8.36. The molecule has 2 aromatic carbocycles. The number of methoxy groups -OCH3 is 1. The SMILES string of the molecule is CCC(C)N(Cc1c(C)nn(-c2ccccc2)c1Oc1ccccc1OC)C(=O)NC(C)C. The van der Waals surface area contributed by atoms with Crippen molar-refractivity contribution in [3.8, 4) is 23.1 Å². The van der Waals surface area contributed by atoms with Gasteiger partial charge in [0, 0.05) is 12.1 Å². The number of amides is 2. The smallest absolute Gasteiger partial charge is 0.318 e. The van der Waals surface area contributed by atoms with E-state index in [0.717, 1.165) is 23.4 Å². The largest absolute Gasteiger partial charge is 0.493 e. The summed E-state index contributed by atoms with van der Waals surface area (Å²) >= 11 is 0. The van der Waals surface area contributed by atoms with E-state index in [9.17, 15) is 4.79 Å². The summed E-state index contributed by atoms with van der Waals surface area (Å²) in [6, 6.07) is 17.3. The third-order valence-electron chi connectivity index (χ3n) is 5.54. The lowest BCUT2D eigenvalue weighted by molar-refractivity contribution is 0.170. The monoisotopic (exact) mass is 450 g/mol. The molecule has 0 bridgehead atoms. The number of nitrogens with zero attached hydrogens (tertiary/aromatic N) is 3. The van der Waals surface area contributed by atoms with E-state index in [0.29, 0.717) is 23.9 Å². The highest BCUT2D eigenvalue weighted by Crippen LogP contribution is 2.36. The third-order valence-corrected chi connectivity index (χ3v) is 5.54. The first-order chi connectivity index (χ1) is 15.8. The third kappa shape index (κ3) is 5.66. The van der Waals surface area contributed by atoms with E-state index in [1.165, 1.54) is 0 Å². The highest BCUT2D eigenvalue weighted by atomic mass is 16.5. The van der Waals surface area contributed by atoms with Gasteiger partial charge in [-0.15, -0.1) is 0 Å². The predicted octanol–water partition coefficient (Wildman–Crippen LogP) is 5.70. The molecule has 7 heteroatoms. The number of benzene rings is 2. The molecule has 0 fully saturated rings. The fraction of sp³-hybridized carbons (Fsp3) is 0.385. The van der Waals surface area contributed by atoms with Crippen molar-refractivity contribution in [3.63, 3.8) is 0 Å². The van der Waals surface area contributed by atoms with E-state index < -0.39 is 0 Å². The fourth-order valence-corrected chi connectivity index (χ4v) is 3.53. The summed E-state index contributed by atoms with van der Waals surface area (Å²) in [7, 11) is 1.61. The number of rotatable bonds is 9. The molecule has 1 N–H and O–H groups in total. The van der Waals surface area contributed by atoms with Crippen LogP contribution in [-0.2, 0) is 6.54 Å². The maximum atomic E-state index is 13.0. The first kappa shape index (κ1) is 24.2. The van der Waals surface area contributed by atoms with Crippen LogP contribution in [0.4, 0.5) is 4.79 Å². The Balaban J connectivity index is 2.10. The number of carbonyl (C=O) groups is 1. The molecule has 3 aromatic rings. The van der Waals surface area contributed by atoms with E-state index in [1.807, 2.05) is 80.3 Å². The summed E-state index contributed by atoms with van der Waals surface area (Å²) in [4.78, 5) is 14.9. The molecule has 0 saturated heterocycles. The molecule has 0 aliphatic rings. The zero-order valence-corrected chi connectivity index (χ0v) is 20.3. The van der Waals surface area contributed by atoms with Crippen LogP contribution in [0.25, 0.3) is 5.69 Å². The minimum absolute atomic E-state index is 0.0431. The molecule has 1 atom stereocenters. The highest BCUT2D eigenvalue weighted by molar-refractivity contribution is 5.75. The van der Waals surface area contributed by atoms with Crippen LogP contribution in [0.15, 0.2) is 54.6 Å². The van der Waals surface area contributed by atoms with Crippen LogP contribution < -0.4 is 14.8 Å². The predicted molar refractivity (Wildman–Crippen MR) is 130 cm³/mol. The second-order valence-corrected chi connectivity index (χ2v) is 8.36. The Kier molecular flexibility index (Phi) is 7.98. The van der Waals surface area contributed by atoms with Crippen molar-refractivity contribution in [2.45, 2.75) is 59.7 Å². The standard InChI is InChI=1S/C26H34N4O3/c1-7-19(4)29(26(31)27-18(2)3)17-22-20(5)28-30(21-13-9-8-10-14-21)25(22)33-24-16-12-11-15-23(24)32-6/h8-16,18-19H,7,17H2,1-6H3,(H,27,31). The van der Waals surface area contributed by atoms with E-state index in [1.54, 1.807) is 11.8 Å². The Morgan fingerprint density at radius 3 is 2.30 bits per heavy atom. The van der Waals surface area contributed by atoms with Crippen molar-refractivity contribution in [1.29, 1.82) is 0 Å². The maximum Gasteiger partial charge on any atom is 0.318 e. The van der Waals surface area contributed by atoms with Gasteiger partial charge in [-0.25, -0.2) is 9.48 Å². The van der Waals surface area contributed by atoms with Crippen molar-refractivity contribution in [2.24, 2.45) is 0 Å². The molecular weight excluding hydrogens is 416 g/mol. The zero-order chi connectivity index (χ0) is 24.0. The van der Waals surface area contributed by atoms with Gasteiger partial charge in [0.2, 0.25) is 5.88 Å². The lowest BCUT2D eigenvalue weighted by Gasteiger charge is -2.30. The molecule has 0 saturated carbocycles. The number of para-hydroxylation sites is 3. The number of ether oxygens (including phenoxy) is 2. The van der Waals surface area contributed by atoms with E-state index in [-0.39, 0.29) is 18.1 Å². The summed E-state index contributed by atoms with van der Waals surface area (Å²) < 4.78 is 13.7. The number of nitrogens with one attached hydrogen (secondary N) is 1. The van der Waals surface area contributed by atoms with Gasteiger partial charge >= 0.3 is 6.03 Å². The molecule has 1 aromatic heterocycles. The van der Waals surface area contributed by atoms with Gasteiger partial charge in [0.15, 0.2) is 11.5 Å². The van der Waals surface area contributed by atoms with Crippen LogP contribution in [0.2, 0.25) is 0 Å². The average molecular weight is 451 g/mol. The van der Waals surface area contributed by atoms with Gasteiger partial charge in [-0.1, -0.05) is 37.3 Å². The number of carbonyl (C=O) groups excluding carboxylic acids is 1. The Bertz CT molecular complexity index is 1060. The van der Waals surface area contributed by atoms with Crippen LogP contribution in [0, 0.1) is 6.92 Å². The quantitative estimate of drug-likeness (QED) is 0.454. The van der Waals surface area contributed by atoms with Gasteiger partial charge in [-0.05, 0) is 58.4 Å². The topological polar surface area (TPSA) is 68.6 Å². The second kappa shape index (κ2) is 10.9. The Hall–Kier alpha value is -3.48. The Morgan fingerprint density at radius 2 is 1.70 bits per heavy atom. The van der Waals surface area contributed by atoms with Crippen LogP contribution >= 0.6 is 0 Å². The van der Waals surface area contributed by atoms with Crippen molar-refractivity contribution in [1.82, 2.24) is 20.0 Å². The van der Waals surface area contributed by atoms with Crippen LogP contribution in [0.5, 0.6) is 17.4 Å². The van der Waals surface area contributed by atoms with Crippen molar-refractivity contribution in [2.75, 3.05) is 7.11 Å². The van der Waals surface area contributed by atoms with Gasteiger partial charge in [0.25, 0.3) is 0 Å². The van der Waals surface area contributed by atoms with Crippen LogP contribution in [0.3, 0.4) is 0 Å². The number of hydrogen-bond acceptors (Lipinski definition) is 4. The van der Waals surface area contributed by atoms with Gasteiger partial charge in [-0.2, -0.15) is 5.10 Å². The van der Waals surface area contributed by atoms with E-state index in [2.05, 4.69) is 19.2 Å². The molecule has 0 radical (unpaired) electrons. The lowest BCUT2D eigenvalue weighted by atomic mass is 10.1. The molecule has 1 heterocycles. The number of aromatic nitrogens is 2. The first-order valence-corrected chi connectivity index (χ1v) is 11.4. The molecular formula is C26H34N4O3. The molecule has 2 amide bonds. The number of hydrogen-bond donors (Lipinski definition) is 1. The number of aryl methyl sites for hydroxylation is 1. The summed E-state index contributed by atoms with van der Waals surface area (Å²) in [5.74, 6) is 1.77. The first-order valence-electron chi connectivity index (χ1n) is 11.4. The van der Waals surface area contributed by atoms with Gasteiger partial charge in [-0.3, -0.25) is 0 Å². The van der Waals surface area contributed by atoms with Gasteiger partial charge in [0.05, 0.1) is 30.6 Å². The van der Waals surface area contributed by atoms with Crippen molar-refractivity contribution < 1.29 is 14.3 Å². The molecule has 3 rings (SSSR count). The van der Waals surface area contributed by atoms with Gasteiger partial charge < -0.3 is 19.7 Å². The summed E-state index contributed by atoms with van der Waals surface area (Å²) in [5, 5.41) is 7.81. The molecule has 176 valence electrons. The molecule has 0 spiro atoms. The highest BCUT2D eigenvalue weighted by Gasteiger charge is 2.26. The zero-order valence-electron chi connectivity index (χ0n) is 20.3. The van der Waals surface area contributed by atoms with Crippen LogP contribution in [0.1, 0.15) is 45.4 Å². The normalized spacial score (nSPS) is 11.8. The Morgan fingerprint density at radius 1 is 1.06 bits per heavy atom.